The first-order valence-electron chi connectivity index (χ1n) is 5.60. The van der Waals surface area contributed by atoms with Gasteiger partial charge in [0.05, 0.1) is 5.56 Å². The highest BCUT2D eigenvalue weighted by Crippen LogP contribution is 2.28. The molecule has 0 amide bonds. The Balaban J connectivity index is 2.38. The van der Waals surface area contributed by atoms with Gasteiger partial charge in [-0.05, 0) is 25.1 Å². The van der Waals surface area contributed by atoms with Crippen LogP contribution in [0.25, 0.3) is 0 Å². The molecule has 0 radical (unpaired) electrons. The number of aromatic nitrogens is 1. The molecule has 0 bridgehead atoms. The Morgan fingerprint density at radius 1 is 1.28 bits per heavy atom. The summed E-state index contributed by atoms with van der Waals surface area (Å²) in [4.78, 5) is 4.16. The SMILES string of the molecule is C[C@@H](N)c1cccnc1Oc1ccccc1C#N. The molecule has 18 heavy (non-hydrogen) atoms. The van der Waals surface area contributed by atoms with E-state index in [1.807, 2.05) is 25.1 Å². The maximum Gasteiger partial charge on any atom is 0.224 e. The fraction of sp³-hybridized carbons (Fsp3) is 0.143. The van der Waals surface area contributed by atoms with Gasteiger partial charge in [-0.1, -0.05) is 18.2 Å². The summed E-state index contributed by atoms with van der Waals surface area (Å²) in [5.74, 6) is 0.927. The smallest absolute Gasteiger partial charge is 0.224 e. The Kier molecular flexibility index (Phi) is 3.56. The van der Waals surface area contributed by atoms with Crippen molar-refractivity contribution in [3.8, 4) is 17.7 Å². The zero-order valence-electron chi connectivity index (χ0n) is 10.00. The van der Waals surface area contributed by atoms with E-state index in [9.17, 15) is 0 Å². The maximum atomic E-state index is 9.00. The minimum atomic E-state index is -0.178. The summed E-state index contributed by atoms with van der Waals surface area (Å²) in [6.07, 6.45) is 1.64. The summed E-state index contributed by atoms with van der Waals surface area (Å²) in [6.45, 7) is 1.86. The van der Waals surface area contributed by atoms with E-state index in [0.29, 0.717) is 17.2 Å². The van der Waals surface area contributed by atoms with Crippen LogP contribution in [0.15, 0.2) is 42.6 Å². The summed E-state index contributed by atoms with van der Waals surface area (Å²) >= 11 is 0. The lowest BCUT2D eigenvalue weighted by molar-refractivity contribution is 0.450. The summed E-state index contributed by atoms with van der Waals surface area (Å²) in [5, 5.41) is 9.00. The van der Waals surface area contributed by atoms with Gasteiger partial charge in [-0.3, -0.25) is 0 Å². The van der Waals surface area contributed by atoms with Gasteiger partial charge in [0.1, 0.15) is 11.8 Å². The molecule has 0 saturated carbocycles. The number of benzene rings is 1. The first kappa shape index (κ1) is 12.1. The van der Waals surface area contributed by atoms with Crippen LogP contribution in [-0.2, 0) is 0 Å². The topological polar surface area (TPSA) is 71.9 Å². The second-order valence-corrected chi connectivity index (χ2v) is 3.90. The van der Waals surface area contributed by atoms with E-state index in [2.05, 4.69) is 11.1 Å². The third kappa shape index (κ3) is 2.47. The number of hydrogen-bond donors (Lipinski definition) is 1. The largest absolute Gasteiger partial charge is 0.437 e. The van der Waals surface area contributed by atoms with E-state index >= 15 is 0 Å². The molecule has 0 spiro atoms. The molecule has 4 heteroatoms. The lowest BCUT2D eigenvalue weighted by Gasteiger charge is -2.12. The minimum absolute atomic E-state index is 0.178. The van der Waals surface area contributed by atoms with Crippen LogP contribution in [0.5, 0.6) is 11.6 Å². The van der Waals surface area contributed by atoms with Crippen molar-refractivity contribution >= 4 is 0 Å². The van der Waals surface area contributed by atoms with E-state index in [1.165, 1.54) is 0 Å². The van der Waals surface area contributed by atoms with Gasteiger partial charge in [0.25, 0.3) is 0 Å². The van der Waals surface area contributed by atoms with Crippen LogP contribution in [0.3, 0.4) is 0 Å². The highest BCUT2D eigenvalue weighted by atomic mass is 16.5. The molecule has 1 atom stereocenters. The lowest BCUT2D eigenvalue weighted by atomic mass is 10.1. The predicted molar refractivity (Wildman–Crippen MR) is 68.1 cm³/mol. The Morgan fingerprint density at radius 3 is 2.78 bits per heavy atom. The predicted octanol–water partition coefficient (Wildman–Crippen LogP) is 2.77. The Hall–Kier alpha value is -2.38. The molecule has 4 nitrogen and oxygen atoms in total. The highest BCUT2D eigenvalue weighted by molar-refractivity contribution is 5.45. The molecule has 0 aliphatic heterocycles. The van der Waals surface area contributed by atoms with E-state index in [-0.39, 0.29) is 6.04 Å². The zero-order chi connectivity index (χ0) is 13.0. The molecule has 1 heterocycles. The average molecular weight is 239 g/mol. The van der Waals surface area contributed by atoms with Crippen LogP contribution in [0.2, 0.25) is 0 Å². The van der Waals surface area contributed by atoms with Gasteiger partial charge in [-0.15, -0.1) is 0 Å². The number of pyridine rings is 1. The maximum absolute atomic E-state index is 9.00. The molecule has 1 aromatic carbocycles. The summed E-state index contributed by atoms with van der Waals surface area (Å²) in [5.41, 5.74) is 7.14. The number of para-hydroxylation sites is 1. The standard InChI is InChI=1S/C14H13N3O/c1-10(16)12-6-4-8-17-14(12)18-13-7-3-2-5-11(13)9-15/h2-8,10H,16H2,1H3/t10-/m1/s1. The van der Waals surface area contributed by atoms with Gasteiger partial charge in [-0.2, -0.15) is 5.26 Å². The van der Waals surface area contributed by atoms with Gasteiger partial charge in [0, 0.05) is 17.8 Å². The van der Waals surface area contributed by atoms with Crippen LogP contribution in [0, 0.1) is 11.3 Å². The molecule has 0 unspecified atom stereocenters. The van der Waals surface area contributed by atoms with E-state index in [0.717, 1.165) is 5.56 Å². The number of nitriles is 1. The minimum Gasteiger partial charge on any atom is -0.437 e. The molecule has 2 aromatic rings. The number of nitrogens with two attached hydrogens (primary N) is 1. The molecule has 0 saturated heterocycles. The molecular weight excluding hydrogens is 226 g/mol. The number of nitrogens with zero attached hydrogens (tertiary/aromatic N) is 2. The summed E-state index contributed by atoms with van der Waals surface area (Å²) < 4.78 is 5.68. The van der Waals surface area contributed by atoms with Crippen molar-refractivity contribution in [3.63, 3.8) is 0 Å². The fourth-order valence-electron chi connectivity index (χ4n) is 1.59. The summed E-state index contributed by atoms with van der Waals surface area (Å²) in [7, 11) is 0. The first-order chi connectivity index (χ1) is 8.72. The van der Waals surface area contributed by atoms with Gasteiger partial charge >= 0.3 is 0 Å². The van der Waals surface area contributed by atoms with Crippen molar-refractivity contribution in [1.29, 1.82) is 5.26 Å². The van der Waals surface area contributed by atoms with Crippen LogP contribution < -0.4 is 10.5 Å². The lowest BCUT2D eigenvalue weighted by Crippen LogP contribution is -2.07. The van der Waals surface area contributed by atoms with Crippen LogP contribution in [0.4, 0.5) is 0 Å². The Morgan fingerprint density at radius 2 is 2.06 bits per heavy atom. The second kappa shape index (κ2) is 5.30. The van der Waals surface area contributed by atoms with Gasteiger partial charge in [0.15, 0.2) is 0 Å². The summed E-state index contributed by atoms with van der Waals surface area (Å²) in [6, 6.07) is 12.6. The zero-order valence-corrected chi connectivity index (χ0v) is 10.00. The van der Waals surface area contributed by atoms with E-state index in [1.54, 1.807) is 24.4 Å². The van der Waals surface area contributed by atoms with Crippen molar-refractivity contribution in [2.75, 3.05) is 0 Å². The molecule has 0 fully saturated rings. The molecule has 90 valence electrons. The van der Waals surface area contributed by atoms with Crippen molar-refractivity contribution in [2.24, 2.45) is 5.73 Å². The number of hydrogen-bond acceptors (Lipinski definition) is 4. The normalized spacial score (nSPS) is 11.6. The number of rotatable bonds is 3. The van der Waals surface area contributed by atoms with Crippen LogP contribution >= 0.6 is 0 Å². The van der Waals surface area contributed by atoms with Gasteiger partial charge in [0.2, 0.25) is 5.88 Å². The van der Waals surface area contributed by atoms with Crippen molar-refractivity contribution in [1.82, 2.24) is 4.98 Å². The van der Waals surface area contributed by atoms with E-state index in [4.69, 9.17) is 15.7 Å². The molecular formula is C14H13N3O. The highest BCUT2D eigenvalue weighted by Gasteiger charge is 2.11. The van der Waals surface area contributed by atoms with Crippen LogP contribution in [-0.4, -0.2) is 4.98 Å². The average Bonchev–Trinajstić information content (AvgIpc) is 2.40. The molecule has 0 aliphatic carbocycles. The molecule has 1 aromatic heterocycles. The van der Waals surface area contributed by atoms with Gasteiger partial charge < -0.3 is 10.5 Å². The molecule has 2 rings (SSSR count). The van der Waals surface area contributed by atoms with Crippen molar-refractivity contribution < 1.29 is 4.74 Å². The quantitative estimate of drug-likeness (QED) is 0.893. The third-order valence-corrected chi connectivity index (χ3v) is 2.51. The third-order valence-electron chi connectivity index (χ3n) is 2.51. The second-order valence-electron chi connectivity index (χ2n) is 3.90. The first-order valence-corrected chi connectivity index (χ1v) is 5.60. The Labute approximate surface area is 106 Å². The van der Waals surface area contributed by atoms with Crippen molar-refractivity contribution in [2.45, 2.75) is 13.0 Å². The van der Waals surface area contributed by atoms with E-state index < -0.39 is 0 Å². The Bertz CT molecular complexity index is 588. The number of ether oxygens (including phenoxy) is 1. The van der Waals surface area contributed by atoms with Crippen molar-refractivity contribution in [3.05, 3.63) is 53.7 Å². The van der Waals surface area contributed by atoms with Gasteiger partial charge in [-0.25, -0.2) is 4.98 Å². The fourth-order valence-corrected chi connectivity index (χ4v) is 1.59. The molecule has 2 N–H and O–H groups in total. The monoisotopic (exact) mass is 239 g/mol. The van der Waals surface area contributed by atoms with Crippen LogP contribution in [0.1, 0.15) is 24.1 Å². The molecule has 0 aliphatic rings.